The maximum atomic E-state index is 13.4. The van der Waals surface area contributed by atoms with Gasteiger partial charge in [-0.3, -0.25) is 4.79 Å². The molecule has 1 amide bonds. The fourth-order valence-electron chi connectivity index (χ4n) is 3.46. The van der Waals surface area contributed by atoms with E-state index >= 15 is 0 Å². The van der Waals surface area contributed by atoms with Crippen LogP contribution in [0, 0.1) is 18.6 Å². The minimum Gasteiger partial charge on any atom is -0.491 e. The molecule has 0 aliphatic rings. The maximum absolute atomic E-state index is 13.4. The Morgan fingerprint density at radius 3 is 2.29 bits per heavy atom. The molecule has 2 aromatic carbocycles. The van der Waals surface area contributed by atoms with Gasteiger partial charge >= 0.3 is 0 Å². The fourth-order valence-corrected chi connectivity index (χ4v) is 3.46. The number of halogens is 2. The van der Waals surface area contributed by atoms with E-state index in [2.05, 4.69) is 30.1 Å². The highest BCUT2D eigenvalue weighted by Crippen LogP contribution is 2.21. The number of aryl methyl sites for hydroxylation is 1. The molecule has 0 radical (unpaired) electrons. The van der Waals surface area contributed by atoms with E-state index in [1.165, 1.54) is 0 Å². The van der Waals surface area contributed by atoms with Gasteiger partial charge in [-0.05, 0) is 56.5 Å². The lowest BCUT2D eigenvalue weighted by Gasteiger charge is -2.25. The molecular formula is C24H33F2N3O2. The Bertz CT molecular complexity index is 834. The largest absolute Gasteiger partial charge is 0.491 e. The van der Waals surface area contributed by atoms with E-state index in [4.69, 9.17) is 10.5 Å². The number of amides is 1. The summed E-state index contributed by atoms with van der Waals surface area (Å²) in [5.74, 6) is -1.59. The van der Waals surface area contributed by atoms with Gasteiger partial charge in [0.15, 0.2) is 0 Å². The minimum atomic E-state index is -0.717. The molecule has 0 fully saturated rings. The number of rotatable bonds is 12. The molecule has 0 bridgehead atoms. The predicted octanol–water partition coefficient (Wildman–Crippen LogP) is 4.43. The molecule has 31 heavy (non-hydrogen) atoms. The average molecular weight is 434 g/mol. The van der Waals surface area contributed by atoms with Gasteiger partial charge in [0.1, 0.15) is 24.0 Å². The molecule has 2 rings (SSSR count). The lowest BCUT2D eigenvalue weighted by molar-refractivity contribution is 0.0919. The Hall–Kier alpha value is -2.67. The third kappa shape index (κ3) is 7.83. The molecule has 2 aromatic rings. The van der Waals surface area contributed by atoms with Crippen LogP contribution in [0.1, 0.15) is 49.0 Å². The van der Waals surface area contributed by atoms with Crippen molar-refractivity contribution in [1.29, 1.82) is 0 Å². The van der Waals surface area contributed by atoms with Crippen molar-refractivity contribution in [2.24, 2.45) is 5.73 Å². The third-order valence-corrected chi connectivity index (χ3v) is 4.81. The van der Waals surface area contributed by atoms with E-state index in [9.17, 15) is 13.6 Å². The molecule has 0 aromatic heterocycles. The number of ether oxygens (including phenoxy) is 1. The number of carbonyl (C=O) groups excluding carboxylic acids is 1. The van der Waals surface area contributed by atoms with E-state index in [-0.39, 0.29) is 18.3 Å². The van der Waals surface area contributed by atoms with Gasteiger partial charge in [-0.15, -0.1) is 0 Å². The second kappa shape index (κ2) is 12.2. The van der Waals surface area contributed by atoms with E-state index in [1.807, 2.05) is 19.1 Å². The van der Waals surface area contributed by atoms with Crippen molar-refractivity contribution in [3.63, 3.8) is 0 Å². The zero-order chi connectivity index (χ0) is 22.8. The first kappa shape index (κ1) is 24.6. The first-order valence-corrected chi connectivity index (χ1v) is 10.8. The van der Waals surface area contributed by atoms with Gasteiger partial charge in [0.25, 0.3) is 5.91 Å². The summed E-state index contributed by atoms with van der Waals surface area (Å²) in [5, 5.41) is 2.94. The molecule has 1 atom stereocenters. The monoisotopic (exact) mass is 433 g/mol. The van der Waals surface area contributed by atoms with E-state index in [0.717, 1.165) is 55.4 Å². The van der Waals surface area contributed by atoms with Crippen LogP contribution >= 0.6 is 0 Å². The van der Waals surface area contributed by atoms with Gasteiger partial charge in [0.05, 0.1) is 6.04 Å². The highest BCUT2D eigenvalue weighted by Gasteiger charge is 2.17. The topological polar surface area (TPSA) is 67.6 Å². The summed E-state index contributed by atoms with van der Waals surface area (Å²) in [5.41, 5.74) is 8.27. The summed E-state index contributed by atoms with van der Waals surface area (Å²) in [4.78, 5) is 15.2. The Balaban J connectivity index is 2.12. The molecular weight excluding hydrogens is 400 g/mol. The summed E-state index contributed by atoms with van der Waals surface area (Å²) in [6.07, 6.45) is 2.51. The molecule has 3 N–H and O–H groups in total. The van der Waals surface area contributed by atoms with Crippen LogP contribution < -0.4 is 20.7 Å². The summed E-state index contributed by atoms with van der Waals surface area (Å²) in [6.45, 7) is 8.48. The minimum absolute atomic E-state index is 0.0578. The van der Waals surface area contributed by atoms with Gasteiger partial charge in [-0.25, -0.2) is 8.78 Å². The zero-order valence-electron chi connectivity index (χ0n) is 18.6. The zero-order valence-corrected chi connectivity index (χ0v) is 18.6. The van der Waals surface area contributed by atoms with Crippen LogP contribution in [0.4, 0.5) is 14.5 Å². The van der Waals surface area contributed by atoms with Gasteiger partial charge in [0, 0.05) is 42.5 Å². The number of hydrogen-bond donors (Lipinski definition) is 2. The van der Waals surface area contributed by atoms with Crippen LogP contribution in [0.2, 0.25) is 0 Å². The molecule has 0 heterocycles. The first-order chi connectivity index (χ1) is 14.9. The van der Waals surface area contributed by atoms with E-state index < -0.39 is 17.7 Å². The Kier molecular flexibility index (Phi) is 9.72. The standard InChI is InChI=1S/C24H33F2N3O2/c1-4-8-29(9-5-2)22-11-17(3)10-18(12-22)24(30)28-21(6-7-27)16-31-23-14-19(25)13-20(26)15-23/h10-15,21H,4-9,16,27H2,1-3H3,(H,28,30)/t21-/m1/s1. The average Bonchev–Trinajstić information content (AvgIpc) is 2.71. The third-order valence-electron chi connectivity index (χ3n) is 4.81. The Morgan fingerprint density at radius 1 is 1.06 bits per heavy atom. The number of carbonyl (C=O) groups is 1. The highest BCUT2D eigenvalue weighted by atomic mass is 19.1. The quantitative estimate of drug-likeness (QED) is 0.520. The smallest absolute Gasteiger partial charge is 0.251 e. The van der Waals surface area contributed by atoms with Gasteiger partial charge in [0.2, 0.25) is 0 Å². The lowest BCUT2D eigenvalue weighted by atomic mass is 10.1. The number of anilines is 1. The van der Waals surface area contributed by atoms with Crippen LogP contribution in [0.3, 0.4) is 0 Å². The lowest BCUT2D eigenvalue weighted by Crippen LogP contribution is -2.40. The number of nitrogens with two attached hydrogens (primary N) is 1. The normalized spacial score (nSPS) is 11.8. The summed E-state index contributed by atoms with van der Waals surface area (Å²) < 4.78 is 32.2. The molecule has 0 unspecified atom stereocenters. The Morgan fingerprint density at radius 2 is 1.71 bits per heavy atom. The summed E-state index contributed by atoms with van der Waals surface area (Å²) in [7, 11) is 0. The van der Waals surface area contributed by atoms with E-state index in [1.54, 1.807) is 0 Å². The molecule has 0 aliphatic carbocycles. The van der Waals surface area contributed by atoms with Crippen LogP contribution in [-0.2, 0) is 0 Å². The number of nitrogens with zero attached hydrogens (tertiary/aromatic N) is 1. The highest BCUT2D eigenvalue weighted by molar-refractivity contribution is 5.95. The summed E-state index contributed by atoms with van der Waals surface area (Å²) >= 11 is 0. The van der Waals surface area contributed by atoms with E-state index in [0.29, 0.717) is 18.5 Å². The molecule has 170 valence electrons. The van der Waals surface area contributed by atoms with Crippen molar-refractivity contribution in [2.45, 2.75) is 46.1 Å². The Labute approximate surface area is 183 Å². The predicted molar refractivity (Wildman–Crippen MR) is 121 cm³/mol. The van der Waals surface area contributed by atoms with Crippen molar-refractivity contribution in [3.8, 4) is 5.75 Å². The molecule has 0 saturated heterocycles. The second-order valence-electron chi connectivity index (χ2n) is 7.71. The fraction of sp³-hybridized carbons (Fsp3) is 0.458. The van der Waals surface area contributed by atoms with Crippen molar-refractivity contribution in [2.75, 3.05) is 31.1 Å². The molecule has 5 nitrogen and oxygen atoms in total. The molecule has 7 heteroatoms. The molecule has 0 aliphatic heterocycles. The van der Waals surface area contributed by atoms with Gasteiger partial charge in [-0.2, -0.15) is 0 Å². The number of benzene rings is 2. The van der Waals surface area contributed by atoms with Crippen LogP contribution in [0.25, 0.3) is 0 Å². The van der Waals surface area contributed by atoms with Crippen molar-refractivity contribution >= 4 is 11.6 Å². The molecule has 0 spiro atoms. The molecule has 0 saturated carbocycles. The maximum Gasteiger partial charge on any atom is 0.251 e. The first-order valence-electron chi connectivity index (χ1n) is 10.8. The summed E-state index contributed by atoms with van der Waals surface area (Å²) in [6, 6.07) is 8.42. The van der Waals surface area contributed by atoms with Crippen LogP contribution in [0.5, 0.6) is 5.75 Å². The number of nitrogens with one attached hydrogen (secondary N) is 1. The second-order valence-corrected chi connectivity index (χ2v) is 7.71. The van der Waals surface area contributed by atoms with Crippen LogP contribution in [0.15, 0.2) is 36.4 Å². The number of hydrogen-bond acceptors (Lipinski definition) is 4. The van der Waals surface area contributed by atoms with Crippen molar-refractivity contribution in [1.82, 2.24) is 5.32 Å². The SMILES string of the molecule is CCCN(CCC)c1cc(C)cc(C(=O)N[C@H](CCN)COc2cc(F)cc(F)c2)c1. The van der Waals surface area contributed by atoms with Crippen molar-refractivity contribution < 1.29 is 18.3 Å². The van der Waals surface area contributed by atoms with Gasteiger partial charge < -0.3 is 20.7 Å². The van der Waals surface area contributed by atoms with Crippen LogP contribution in [-0.4, -0.2) is 38.2 Å². The van der Waals surface area contributed by atoms with Crippen molar-refractivity contribution in [3.05, 3.63) is 59.2 Å². The van der Waals surface area contributed by atoms with Gasteiger partial charge in [-0.1, -0.05) is 13.8 Å².